The van der Waals surface area contributed by atoms with Crippen molar-refractivity contribution in [1.82, 2.24) is 0 Å². The Morgan fingerprint density at radius 3 is 1.27 bits per heavy atom. The molecule has 26 heavy (non-hydrogen) atoms. The first kappa shape index (κ1) is 26.0. The summed E-state index contributed by atoms with van der Waals surface area (Å²) in [6.07, 6.45) is 27.8. The van der Waals surface area contributed by atoms with Crippen LogP contribution in [0.15, 0.2) is 0 Å². The van der Waals surface area contributed by atoms with Crippen LogP contribution in [0.4, 0.5) is 0 Å². The van der Waals surface area contributed by atoms with Crippen LogP contribution < -0.4 is 0 Å². The van der Waals surface area contributed by atoms with Gasteiger partial charge in [0, 0.05) is 6.61 Å². The fourth-order valence-electron chi connectivity index (χ4n) is 3.61. The fourth-order valence-corrected chi connectivity index (χ4v) is 3.61. The molecule has 0 aliphatic rings. The van der Waals surface area contributed by atoms with Crippen LogP contribution in [0.5, 0.6) is 0 Å². The molecule has 157 valence electrons. The molecule has 0 aliphatic heterocycles. The van der Waals surface area contributed by atoms with E-state index in [4.69, 9.17) is 4.74 Å². The quantitative estimate of drug-likeness (QED) is 0.173. The van der Waals surface area contributed by atoms with Crippen LogP contribution in [0.2, 0.25) is 0 Å². The van der Waals surface area contributed by atoms with E-state index >= 15 is 0 Å². The van der Waals surface area contributed by atoms with Crippen molar-refractivity contribution in [2.75, 3.05) is 6.61 Å². The minimum absolute atomic E-state index is 0.221. The molecular weight excluding hydrogens is 316 g/mol. The summed E-state index contributed by atoms with van der Waals surface area (Å²) in [5.41, 5.74) is 0. The van der Waals surface area contributed by atoms with Gasteiger partial charge in [0.05, 0.1) is 6.10 Å². The molecule has 1 heteroatoms. The van der Waals surface area contributed by atoms with E-state index in [1.165, 1.54) is 122 Å². The van der Waals surface area contributed by atoms with Gasteiger partial charge in [-0.05, 0) is 19.8 Å². The molecule has 0 aliphatic carbocycles. The van der Waals surface area contributed by atoms with Gasteiger partial charge in [-0.15, -0.1) is 0 Å². The highest BCUT2D eigenvalue weighted by atomic mass is 16.5. The molecule has 0 aromatic heterocycles. The summed E-state index contributed by atoms with van der Waals surface area (Å²) >= 11 is 0. The average Bonchev–Trinajstić information content (AvgIpc) is 2.65. The van der Waals surface area contributed by atoms with Gasteiger partial charge in [-0.25, -0.2) is 0 Å². The van der Waals surface area contributed by atoms with E-state index in [1.54, 1.807) is 0 Å². The third kappa shape index (κ3) is 22.0. The summed E-state index contributed by atoms with van der Waals surface area (Å²) < 4.78 is 5.86. The summed E-state index contributed by atoms with van der Waals surface area (Å²) in [7, 11) is 0. The van der Waals surface area contributed by atoms with Crippen molar-refractivity contribution in [3.63, 3.8) is 0 Å². The summed E-state index contributed by atoms with van der Waals surface area (Å²) in [5, 5.41) is 0. The van der Waals surface area contributed by atoms with Gasteiger partial charge in [-0.3, -0.25) is 0 Å². The van der Waals surface area contributed by atoms with Crippen molar-refractivity contribution in [3.05, 3.63) is 6.92 Å². The number of unbranched alkanes of at least 4 members (excludes halogenated alkanes) is 17. The minimum atomic E-state index is 0.221. The van der Waals surface area contributed by atoms with E-state index in [9.17, 15) is 0 Å². The first-order chi connectivity index (χ1) is 12.8. The van der Waals surface area contributed by atoms with Crippen LogP contribution in [0.3, 0.4) is 0 Å². The second-order valence-corrected chi connectivity index (χ2v) is 8.29. The topological polar surface area (TPSA) is 9.23 Å². The molecule has 0 N–H and O–H groups in total. The largest absolute Gasteiger partial charge is 0.378 e. The molecular formula is C25H51O. The predicted octanol–water partition coefficient (Wildman–Crippen LogP) is 9.05. The van der Waals surface area contributed by atoms with Crippen LogP contribution >= 0.6 is 0 Å². The van der Waals surface area contributed by atoms with Crippen LogP contribution in [-0.4, -0.2) is 12.7 Å². The maximum Gasteiger partial charge on any atom is 0.0576 e. The van der Waals surface area contributed by atoms with Gasteiger partial charge < -0.3 is 4.74 Å². The number of hydrogen-bond acceptors (Lipinski definition) is 1. The normalized spacial score (nSPS) is 12.6. The molecule has 0 amide bonds. The maximum absolute atomic E-state index is 5.86. The maximum atomic E-state index is 5.86. The first-order valence-electron chi connectivity index (χ1n) is 12.3. The highest BCUT2D eigenvalue weighted by Gasteiger charge is 2.02. The Morgan fingerprint density at radius 1 is 0.500 bits per heavy atom. The number of hydrogen-bond donors (Lipinski definition) is 0. The summed E-state index contributed by atoms with van der Waals surface area (Å²) in [6, 6.07) is 0. The Kier molecular flexibility index (Phi) is 23.0. The number of ether oxygens (including phenoxy) is 1. The molecule has 1 unspecified atom stereocenters. The van der Waals surface area contributed by atoms with E-state index in [0.717, 1.165) is 13.0 Å². The summed E-state index contributed by atoms with van der Waals surface area (Å²) in [4.78, 5) is 0. The summed E-state index contributed by atoms with van der Waals surface area (Å²) in [5.74, 6) is 0. The van der Waals surface area contributed by atoms with Crippen molar-refractivity contribution >= 4 is 0 Å². The van der Waals surface area contributed by atoms with Gasteiger partial charge in [0.15, 0.2) is 0 Å². The lowest BCUT2D eigenvalue weighted by atomic mass is 10.0. The van der Waals surface area contributed by atoms with Crippen LogP contribution in [0.1, 0.15) is 142 Å². The zero-order valence-electron chi connectivity index (χ0n) is 18.5. The zero-order valence-corrected chi connectivity index (χ0v) is 18.5. The molecule has 0 bridgehead atoms. The Balaban J connectivity index is 3.11. The van der Waals surface area contributed by atoms with Gasteiger partial charge in [0.25, 0.3) is 0 Å². The molecule has 0 saturated carbocycles. The summed E-state index contributed by atoms with van der Waals surface area (Å²) in [6.45, 7) is 9.65. The van der Waals surface area contributed by atoms with Gasteiger partial charge in [0.1, 0.15) is 0 Å². The molecule has 0 rings (SSSR count). The standard InChI is InChI=1S/C25H51O/c1-4-6-8-10-12-13-14-15-16-17-19-21-23-25(3)26-24-22-20-18-11-9-7-5-2/h25H,3-24H2,1-2H3. The Labute approximate surface area is 167 Å². The molecule has 1 atom stereocenters. The van der Waals surface area contributed by atoms with Crippen LogP contribution in [0.25, 0.3) is 0 Å². The van der Waals surface area contributed by atoms with E-state index in [-0.39, 0.29) is 6.10 Å². The van der Waals surface area contributed by atoms with Gasteiger partial charge >= 0.3 is 0 Å². The lowest BCUT2D eigenvalue weighted by Crippen LogP contribution is -2.09. The first-order valence-corrected chi connectivity index (χ1v) is 12.3. The third-order valence-corrected chi connectivity index (χ3v) is 5.48. The molecule has 0 heterocycles. The van der Waals surface area contributed by atoms with Crippen molar-refractivity contribution in [3.8, 4) is 0 Å². The lowest BCUT2D eigenvalue weighted by Gasteiger charge is -2.12. The number of rotatable bonds is 22. The second-order valence-electron chi connectivity index (χ2n) is 8.29. The van der Waals surface area contributed by atoms with Crippen molar-refractivity contribution in [1.29, 1.82) is 0 Å². The van der Waals surface area contributed by atoms with Crippen molar-refractivity contribution in [2.24, 2.45) is 0 Å². The predicted molar refractivity (Wildman–Crippen MR) is 119 cm³/mol. The Hall–Kier alpha value is -0.0400. The Morgan fingerprint density at radius 2 is 0.846 bits per heavy atom. The molecule has 0 fully saturated rings. The second kappa shape index (κ2) is 23.0. The van der Waals surface area contributed by atoms with Crippen LogP contribution in [-0.2, 0) is 4.74 Å². The fraction of sp³-hybridized carbons (Fsp3) is 0.960. The Bertz CT molecular complexity index is 238. The lowest BCUT2D eigenvalue weighted by molar-refractivity contribution is 0.0726. The van der Waals surface area contributed by atoms with E-state index in [0.29, 0.717) is 0 Å². The zero-order chi connectivity index (χ0) is 19.1. The average molecular weight is 368 g/mol. The molecule has 0 spiro atoms. The van der Waals surface area contributed by atoms with E-state index in [2.05, 4.69) is 20.8 Å². The highest BCUT2D eigenvalue weighted by molar-refractivity contribution is 4.60. The third-order valence-electron chi connectivity index (χ3n) is 5.48. The smallest absolute Gasteiger partial charge is 0.0576 e. The van der Waals surface area contributed by atoms with E-state index < -0.39 is 0 Å². The van der Waals surface area contributed by atoms with Crippen molar-refractivity contribution in [2.45, 2.75) is 148 Å². The van der Waals surface area contributed by atoms with Crippen molar-refractivity contribution < 1.29 is 4.74 Å². The SMILES string of the molecule is [CH2]C(CCCCCCCCCCCCCC)OCCCCCCCCC. The molecule has 1 radical (unpaired) electrons. The molecule has 0 aromatic rings. The highest BCUT2D eigenvalue weighted by Crippen LogP contribution is 2.14. The molecule has 0 aromatic carbocycles. The minimum Gasteiger partial charge on any atom is -0.378 e. The van der Waals surface area contributed by atoms with Gasteiger partial charge in [-0.2, -0.15) is 0 Å². The molecule has 0 saturated heterocycles. The van der Waals surface area contributed by atoms with Crippen LogP contribution in [0, 0.1) is 6.92 Å². The van der Waals surface area contributed by atoms with Gasteiger partial charge in [-0.1, -0.05) is 129 Å². The van der Waals surface area contributed by atoms with Gasteiger partial charge in [0.2, 0.25) is 0 Å². The molecule has 1 nitrogen and oxygen atoms in total. The monoisotopic (exact) mass is 367 g/mol. The van der Waals surface area contributed by atoms with E-state index in [1.807, 2.05) is 0 Å².